The van der Waals surface area contributed by atoms with Crippen LogP contribution in [0.4, 0.5) is 4.39 Å². The first-order chi connectivity index (χ1) is 15.7. The minimum Gasteiger partial charge on any atom is -0.493 e. The van der Waals surface area contributed by atoms with Crippen LogP contribution in [-0.2, 0) is 11.2 Å². The first kappa shape index (κ1) is 22.7. The van der Waals surface area contributed by atoms with E-state index < -0.39 is 17.1 Å². The van der Waals surface area contributed by atoms with Crippen molar-refractivity contribution < 1.29 is 18.7 Å². The molecule has 0 atom stereocenters. The molecule has 0 radical (unpaired) electrons. The summed E-state index contributed by atoms with van der Waals surface area (Å²) in [4.78, 5) is 40.8. The van der Waals surface area contributed by atoms with Gasteiger partial charge in [-0.2, -0.15) is 14.6 Å². The highest BCUT2D eigenvalue weighted by molar-refractivity contribution is 9.10. The largest absolute Gasteiger partial charge is 0.493 e. The van der Waals surface area contributed by atoms with Crippen LogP contribution in [0.5, 0.6) is 11.5 Å². The molecule has 0 fully saturated rings. The van der Waals surface area contributed by atoms with E-state index in [0.29, 0.717) is 25.9 Å². The second-order valence-corrected chi connectivity index (χ2v) is 8.77. The van der Waals surface area contributed by atoms with Crippen LogP contribution in [0.15, 0.2) is 50.5 Å². The van der Waals surface area contributed by atoms with Crippen molar-refractivity contribution in [2.45, 2.75) is 13.3 Å². The molecule has 0 unspecified atom stereocenters. The fourth-order valence-electron chi connectivity index (χ4n) is 3.06. The number of hydrogen-bond acceptors (Lipinski definition) is 8. The van der Waals surface area contributed by atoms with Crippen LogP contribution >= 0.6 is 27.3 Å². The topological polar surface area (TPSA) is 99.9 Å². The summed E-state index contributed by atoms with van der Waals surface area (Å²) in [6, 6.07) is 8.93. The average molecular weight is 532 g/mol. The van der Waals surface area contributed by atoms with E-state index in [0.717, 1.165) is 15.9 Å². The molecule has 2 aromatic carbocycles. The lowest BCUT2D eigenvalue weighted by atomic mass is 10.1. The number of benzene rings is 2. The number of thiazole rings is 1. The molecule has 0 N–H and O–H groups in total. The van der Waals surface area contributed by atoms with Crippen molar-refractivity contribution in [2.75, 3.05) is 7.11 Å². The Morgan fingerprint density at radius 3 is 2.64 bits per heavy atom. The van der Waals surface area contributed by atoms with Gasteiger partial charge in [0.1, 0.15) is 11.5 Å². The van der Waals surface area contributed by atoms with Gasteiger partial charge in [0.05, 0.1) is 16.1 Å². The molecule has 0 saturated heterocycles. The third-order valence-electron chi connectivity index (χ3n) is 4.53. The van der Waals surface area contributed by atoms with Gasteiger partial charge in [-0.1, -0.05) is 23.5 Å². The molecule has 2 heterocycles. The van der Waals surface area contributed by atoms with Gasteiger partial charge in [-0.15, -0.1) is 0 Å². The molecule has 0 amide bonds. The maximum atomic E-state index is 13.1. The highest BCUT2D eigenvalue weighted by atomic mass is 79.9. The number of aromatic nitrogens is 3. The molecule has 0 spiro atoms. The summed E-state index contributed by atoms with van der Waals surface area (Å²) in [6.07, 6.45) is 1.71. The van der Waals surface area contributed by atoms with E-state index in [9.17, 15) is 18.8 Å². The van der Waals surface area contributed by atoms with Gasteiger partial charge >= 0.3 is 5.97 Å². The van der Waals surface area contributed by atoms with Crippen LogP contribution in [0, 0.1) is 5.82 Å². The summed E-state index contributed by atoms with van der Waals surface area (Å²) in [5, 5.41) is 4.19. The molecule has 0 aliphatic rings. The van der Waals surface area contributed by atoms with Crippen LogP contribution in [0.3, 0.4) is 0 Å². The normalized spacial score (nSPS) is 11.7. The first-order valence-corrected chi connectivity index (χ1v) is 11.1. The number of carbonyl (C=O) groups is 1. The summed E-state index contributed by atoms with van der Waals surface area (Å²) in [7, 11) is 1.43. The Bertz CT molecular complexity index is 1550. The van der Waals surface area contributed by atoms with E-state index in [1.165, 1.54) is 26.2 Å². The van der Waals surface area contributed by atoms with Crippen molar-refractivity contribution >= 4 is 44.3 Å². The van der Waals surface area contributed by atoms with E-state index in [2.05, 4.69) is 26.0 Å². The average Bonchev–Trinajstić information content (AvgIpc) is 3.05. The number of ether oxygens (including phenoxy) is 2. The summed E-state index contributed by atoms with van der Waals surface area (Å²) < 4.78 is 25.4. The predicted octanol–water partition coefficient (Wildman–Crippen LogP) is 2.49. The minimum absolute atomic E-state index is 0.0794. The molecular formula is C22H15BrFN3O5S. The standard InChI is InChI=1S/C22H15BrFN3O5S/c1-11(28)32-19-15(23)7-13(9-17(19)31-2)10-18-21(30)27-22(33-18)25-20(29)16(26-27)8-12-3-5-14(24)6-4-12/h3-7,9-10H,8H2,1-2H3. The van der Waals surface area contributed by atoms with E-state index in [-0.39, 0.29) is 28.6 Å². The third kappa shape index (κ3) is 4.83. The predicted molar refractivity (Wildman–Crippen MR) is 123 cm³/mol. The van der Waals surface area contributed by atoms with Gasteiger partial charge < -0.3 is 9.47 Å². The van der Waals surface area contributed by atoms with Gasteiger partial charge in [0.25, 0.3) is 11.1 Å². The van der Waals surface area contributed by atoms with Crippen molar-refractivity contribution in [3.63, 3.8) is 0 Å². The molecular weight excluding hydrogens is 517 g/mol. The van der Waals surface area contributed by atoms with Crippen molar-refractivity contribution in [2.24, 2.45) is 0 Å². The van der Waals surface area contributed by atoms with E-state index >= 15 is 0 Å². The molecule has 0 bridgehead atoms. The molecule has 4 rings (SSSR count). The summed E-state index contributed by atoms with van der Waals surface area (Å²) >= 11 is 4.36. The number of esters is 1. The van der Waals surface area contributed by atoms with E-state index in [1.807, 2.05) is 0 Å². The zero-order valence-corrected chi connectivity index (χ0v) is 19.7. The number of halogens is 2. The summed E-state index contributed by atoms with van der Waals surface area (Å²) in [5.74, 6) is -0.372. The highest BCUT2D eigenvalue weighted by Crippen LogP contribution is 2.37. The molecule has 2 aromatic heterocycles. The first-order valence-electron chi connectivity index (χ1n) is 9.50. The Kier molecular flexibility index (Phi) is 6.34. The second kappa shape index (κ2) is 9.20. The highest BCUT2D eigenvalue weighted by Gasteiger charge is 2.15. The lowest BCUT2D eigenvalue weighted by Crippen LogP contribution is -2.28. The number of rotatable bonds is 5. The number of hydrogen-bond donors (Lipinski definition) is 0. The Balaban J connectivity index is 1.77. The molecule has 33 heavy (non-hydrogen) atoms. The molecule has 168 valence electrons. The Labute approximate surface area is 198 Å². The van der Waals surface area contributed by atoms with Gasteiger partial charge in [-0.25, -0.2) is 4.39 Å². The molecule has 8 nitrogen and oxygen atoms in total. The van der Waals surface area contributed by atoms with Crippen LogP contribution in [0.2, 0.25) is 0 Å². The summed E-state index contributed by atoms with van der Waals surface area (Å²) in [6.45, 7) is 1.28. The van der Waals surface area contributed by atoms with Gasteiger partial charge in [-0.3, -0.25) is 14.4 Å². The third-order valence-corrected chi connectivity index (χ3v) is 6.08. The fraction of sp³-hybridized carbons (Fsp3) is 0.136. The van der Waals surface area contributed by atoms with Crippen LogP contribution in [-0.4, -0.2) is 27.7 Å². The zero-order valence-electron chi connectivity index (χ0n) is 17.3. The molecule has 0 saturated carbocycles. The number of nitrogens with zero attached hydrogens (tertiary/aromatic N) is 3. The van der Waals surface area contributed by atoms with Crippen molar-refractivity contribution in [1.29, 1.82) is 0 Å². The van der Waals surface area contributed by atoms with E-state index in [1.54, 1.807) is 30.3 Å². The Morgan fingerprint density at radius 1 is 1.24 bits per heavy atom. The fourth-order valence-corrected chi connectivity index (χ4v) is 4.51. The van der Waals surface area contributed by atoms with Gasteiger partial charge in [0.2, 0.25) is 4.96 Å². The second-order valence-electron chi connectivity index (χ2n) is 6.90. The van der Waals surface area contributed by atoms with Crippen molar-refractivity contribution in [3.05, 3.63) is 88.7 Å². The molecule has 0 aliphatic carbocycles. The number of methoxy groups -OCH3 is 1. The monoisotopic (exact) mass is 531 g/mol. The number of carbonyl (C=O) groups excluding carboxylic acids is 1. The lowest BCUT2D eigenvalue weighted by molar-refractivity contribution is -0.132. The maximum Gasteiger partial charge on any atom is 0.308 e. The zero-order chi connectivity index (χ0) is 23.7. The number of fused-ring (bicyclic) bond motifs is 1. The maximum absolute atomic E-state index is 13.1. The van der Waals surface area contributed by atoms with Gasteiger partial charge in [0, 0.05) is 13.3 Å². The van der Waals surface area contributed by atoms with E-state index in [4.69, 9.17) is 9.47 Å². The minimum atomic E-state index is -0.553. The quantitative estimate of drug-likeness (QED) is 0.288. The van der Waals surface area contributed by atoms with Crippen LogP contribution in [0.1, 0.15) is 23.7 Å². The SMILES string of the molecule is COc1cc(C=c2sc3nc(=O)c(Cc4ccc(F)cc4)nn3c2=O)cc(Br)c1OC(C)=O. The molecule has 0 aliphatic heterocycles. The summed E-state index contributed by atoms with van der Waals surface area (Å²) in [5.41, 5.74) is 0.342. The van der Waals surface area contributed by atoms with Gasteiger partial charge in [0.15, 0.2) is 11.5 Å². The molecule has 4 aromatic rings. The van der Waals surface area contributed by atoms with Crippen molar-refractivity contribution in [3.8, 4) is 11.5 Å². The smallest absolute Gasteiger partial charge is 0.308 e. The van der Waals surface area contributed by atoms with Gasteiger partial charge in [-0.05, 0) is 57.4 Å². The van der Waals surface area contributed by atoms with Crippen LogP contribution < -0.4 is 25.1 Å². The lowest BCUT2D eigenvalue weighted by Gasteiger charge is -2.10. The van der Waals surface area contributed by atoms with Crippen molar-refractivity contribution in [1.82, 2.24) is 14.6 Å². The molecule has 11 heteroatoms. The van der Waals surface area contributed by atoms with Crippen LogP contribution in [0.25, 0.3) is 11.0 Å². The Morgan fingerprint density at radius 2 is 1.97 bits per heavy atom. The Hall–Kier alpha value is -3.44.